The van der Waals surface area contributed by atoms with Gasteiger partial charge in [-0.1, -0.05) is 36.4 Å². The van der Waals surface area contributed by atoms with Crippen molar-refractivity contribution in [3.63, 3.8) is 0 Å². The van der Waals surface area contributed by atoms with Crippen LogP contribution in [0.1, 0.15) is 5.56 Å². The number of hydrogen-bond acceptors (Lipinski definition) is 2. The predicted octanol–water partition coefficient (Wildman–Crippen LogP) is 2.74. The Morgan fingerprint density at radius 1 is 1.00 bits per heavy atom. The lowest BCUT2D eigenvalue weighted by molar-refractivity contribution is 0.637. The van der Waals surface area contributed by atoms with Gasteiger partial charge in [0, 0.05) is 17.5 Å². The maximum atomic E-state index is 8.38. The van der Waals surface area contributed by atoms with E-state index in [4.69, 9.17) is 10.4 Å². The molecule has 92 valence electrons. The monoisotopic (exact) mass is 247 g/mol. The Balaban J connectivity index is 2.15. The van der Waals surface area contributed by atoms with Gasteiger partial charge in [0.2, 0.25) is 0 Å². The summed E-state index contributed by atoms with van der Waals surface area (Å²) >= 11 is 0. The molecule has 19 heavy (non-hydrogen) atoms. The summed E-state index contributed by atoms with van der Waals surface area (Å²) in [6, 6.07) is 16.2. The largest absolute Gasteiger partial charge is 0.310 e. The molecule has 0 atom stereocenters. The Morgan fingerprint density at radius 3 is 2.74 bits per heavy atom. The lowest BCUT2D eigenvalue weighted by Crippen LogP contribution is -2.27. The van der Waals surface area contributed by atoms with Crippen LogP contribution in [-0.4, -0.2) is 9.55 Å². The van der Waals surface area contributed by atoms with E-state index in [1.165, 1.54) is 5.56 Å². The molecule has 0 radical (unpaired) electrons. The first-order valence-electron chi connectivity index (χ1n) is 6.47. The number of hydrogen-bond donors (Lipinski definition) is 1. The fraction of sp³-hybridized carbons (Fsp3) is 0.125. The number of aryl methyl sites for hydroxylation is 1. The molecule has 0 unspecified atom stereocenters. The molecule has 0 saturated heterocycles. The minimum absolute atomic E-state index is 0.565. The molecule has 0 aliphatic carbocycles. The molecule has 0 amide bonds. The van der Waals surface area contributed by atoms with Crippen molar-refractivity contribution in [3.8, 4) is 11.4 Å². The Labute approximate surface area is 110 Å². The first-order valence-corrected chi connectivity index (χ1v) is 6.47. The van der Waals surface area contributed by atoms with Gasteiger partial charge in [-0.15, -0.1) is 0 Å². The highest BCUT2D eigenvalue weighted by molar-refractivity contribution is 5.80. The normalized spacial score (nSPS) is 13.1. The zero-order chi connectivity index (χ0) is 12.8. The molecule has 1 aliphatic rings. The third-order valence-corrected chi connectivity index (χ3v) is 3.77. The lowest BCUT2D eigenvalue weighted by Gasteiger charge is -2.22. The summed E-state index contributed by atoms with van der Waals surface area (Å²) < 4.78 is 2.02. The molecule has 0 fully saturated rings. The summed E-state index contributed by atoms with van der Waals surface area (Å²) in [6.45, 7) is 0.836. The van der Waals surface area contributed by atoms with Crippen molar-refractivity contribution >= 4 is 10.9 Å². The molecule has 3 heteroatoms. The molecule has 1 aliphatic heterocycles. The third kappa shape index (κ3) is 1.45. The van der Waals surface area contributed by atoms with Crippen LogP contribution in [0.5, 0.6) is 0 Å². The Kier molecular flexibility index (Phi) is 2.09. The zero-order valence-corrected chi connectivity index (χ0v) is 10.4. The SMILES string of the molecule is N=c1c2ccccc2nc2n1CCc1ccccc1-2. The van der Waals surface area contributed by atoms with Crippen LogP contribution in [0.2, 0.25) is 0 Å². The highest BCUT2D eigenvalue weighted by Gasteiger charge is 2.17. The first kappa shape index (κ1) is 10.5. The van der Waals surface area contributed by atoms with Crippen molar-refractivity contribution in [3.05, 3.63) is 59.6 Å². The van der Waals surface area contributed by atoms with Crippen LogP contribution < -0.4 is 5.49 Å². The van der Waals surface area contributed by atoms with E-state index in [1.54, 1.807) is 0 Å². The lowest BCUT2D eigenvalue weighted by atomic mass is 10.00. The molecule has 3 nitrogen and oxygen atoms in total. The maximum Gasteiger partial charge on any atom is 0.142 e. The molecular weight excluding hydrogens is 234 g/mol. The average molecular weight is 247 g/mol. The second-order valence-electron chi connectivity index (χ2n) is 4.86. The molecule has 0 spiro atoms. The topological polar surface area (TPSA) is 41.7 Å². The van der Waals surface area contributed by atoms with E-state index >= 15 is 0 Å². The van der Waals surface area contributed by atoms with E-state index in [-0.39, 0.29) is 0 Å². The van der Waals surface area contributed by atoms with Gasteiger partial charge >= 0.3 is 0 Å². The van der Waals surface area contributed by atoms with E-state index in [1.807, 2.05) is 34.9 Å². The van der Waals surface area contributed by atoms with Crippen LogP contribution >= 0.6 is 0 Å². The van der Waals surface area contributed by atoms with Crippen LogP contribution in [0.4, 0.5) is 0 Å². The van der Waals surface area contributed by atoms with Crippen LogP contribution in [0.25, 0.3) is 22.3 Å². The van der Waals surface area contributed by atoms with Crippen molar-refractivity contribution in [1.82, 2.24) is 9.55 Å². The van der Waals surface area contributed by atoms with E-state index in [0.29, 0.717) is 5.49 Å². The molecule has 4 rings (SSSR count). The summed E-state index contributed by atoms with van der Waals surface area (Å²) in [5.41, 5.74) is 3.95. The Hall–Kier alpha value is -2.42. The molecule has 0 bridgehead atoms. The molecule has 2 heterocycles. The molecule has 2 aromatic carbocycles. The highest BCUT2D eigenvalue weighted by atomic mass is 15.1. The van der Waals surface area contributed by atoms with Gasteiger partial charge in [-0.3, -0.25) is 5.41 Å². The average Bonchev–Trinajstić information content (AvgIpc) is 2.47. The van der Waals surface area contributed by atoms with Crippen molar-refractivity contribution in [2.24, 2.45) is 0 Å². The predicted molar refractivity (Wildman–Crippen MR) is 74.7 cm³/mol. The number of rotatable bonds is 0. The van der Waals surface area contributed by atoms with Gasteiger partial charge in [-0.25, -0.2) is 4.98 Å². The van der Waals surface area contributed by atoms with Gasteiger partial charge in [-0.2, -0.15) is 0 Å². The fourth-order valence-electron chi connectivity index (χ4n) is 2.81. The quantitative estimate of drug-likeness (QED) is 0.652. The number of nitrogens with zero attached hydrogens (tertiary/aromatic N) is 2. The second-order valence-corrected chi connectivity index (χ2v) is 4.86. The summed E-state index contributed by atoms with van der Waals surface area (Å²) in [7, 11) is 0. The number of para-hydroxylation sites is 1. The minimum atomic E-state index is 0.565. The standard InChI is InChI=1S/C16H13N3/c17-15-13-7-3-4-8-14(13)18-16-12-6-2-1-5-11(12)9-10-19(15)16/h1-8,17H,9-10H2. The van der Waals surface area contributed by atoms with Crippen molar-refractivity contribution < 1.29 is 0 Å². The van der Waals surface area contributed by atoms with Crippen molar-refractivity contribution in [2.75, 3.05) is 0 Å². The van der Waals surface area contributed by atoms with Gasteiger partial charge in [0.05, 0.1) is 5.52 Å². The summed E-state index contributed by atoms with van der Waals surface area (Å²) in [5.74, 6) is 0.922. The fourth-order valence-corrected chi connectivity index (χ4v) is 2.81. The summed E-state index contributed by atoms with van der Waals surface area (Å²) in [6.07, 6.45) is 0.972. The molecule has 0 saturated carbocycles. The van der Waals surface area contributed by atoms with Gasteiger partial charge in [0.15, 0.2) is 0 Å². The highest BCUT2D eigenvalue weighted by Crippen LogP contribution is 2.27. The van der Waals surface area contributed by atoms with Gasteiger partial charge in [-0.05, 0) is 24.1 Å². The number of nitrogens with one attached hydrogen (secondary N) is 1. The van der Waals surface area contributed by atoms with Crippen LogP contribution in [-0.2, 0) is 13.0 Å². The second kappa shape index (κ2) is 3.79. The molecule has 1 N–H and O–H groups in total. The van der Waals surface area contributed by atoms with Crippen LogP contribution in [0.3, 0.4) is 0 Å². The van der Waals surface area contributed by atoms with Crippen molar-refractivity contribution in [1.29, 1.82) is 5.41 Å². The van der Waals surface area contributed by atoms with E-state index < -0.39 is 0 Å². The van der Waals surface area contributed by atoms with E-state index in [0.717, 1.165) is 35.3 Å². The minimum Gasteiger partial charge on any atom is -0.310 e. The first-order chi connectivity index (χ1) is 9.34. The summed E-state index contributed by atoms with van der Waals surface area (Å²) in [5, 5.41) is 9.30. The van der Waals surface area contributed by atoms with Crippen LogP contribution in [0, 0.1) is 5.41 Å². The van der Waals surface area contributed by atoms with E-state index in [2.05, 4.69) is 18.2 Å². The maximum absolute atomic E-state index is 8.38. The number of fused-ring (bicyclic) bond motifs is 4. The summed E-state index contributed by atoms with van der Waals surface area (Å²) in [4.78, 5) is 4.76. The Morgan fingerprint density at radius 2 is 1.79 bits per heavy atom. The van der Waals surface area contributed by atoms with Gasteiger partial charge in [0.25, 0.3) is 0 Å². The number of aromatic nitrogens is 2. The smallest absolute Gasteiger partial charge is 0.142 e. The van der Waals surface area contributed by atoms with E-state index in [9.17, 15) is 0 Å². The molecule has 1 aromatic heterocycles. The Bertz CT molecular complexity index is 846. The molecular formula is C16H13N3. The van der Waals surface area contributed by atoms with Crippen molar-refractivity contribution in [2.45, 2.75) is 13.0 Å². The van der Waals surface area contributed by atoms with Gasteiger partial charge in [0.1, 0.15) is 11.3 Å². The molecule has 3 aromatic rings. The number of benzene rings is 2. The van der Waals surface area contributed by atoms with Gasteiger partial charge < -0.3 is 4.57 Å². The zero-order valence-electron chi connectivity index (χ0n) is 10.4. The third-order valence-electron chi connectivity index (χ3n) is 3.77. The van der Waals surface area contributed by atoms with Crippen LogP contribution in [0.15, 0.2) is 48.5 Å².